The van der Waals surface area contributed by atoms with Crippen molar-refractivity contribution in [2.45, 2.75) is 92.9 Å². The minimum Gasteiger partial charge on any atom is -0.465 e. The van der Waals surface area contributed by atoms with E-state index in [2.05, 4.69) is 30.6 Å². The summed E-state index contributed by atoms with van der Waals surface area (Å²) in [6.07, 6.45) is 5.58. The number of allylic oxidation sites excluding steroid dienone is 2. The number of nitrogens with one attached hydrogen (secondary N) is 2. The van der Waals surface area contributed by atoms with E-state index < -0.39 is 0 Å². The predicted molar refractivity (Wildman–Crippen MR) is 188 cm³/mol. The molecule has 2 aromatic heterocycles. The number of aryl methyl sites for hydroxylation is 2. The molecule has 0 fully saturated rings. The van der Waals surface area contributed by atoms with Gasteiger partial charge in [-0.15, -0.1) is 0 Å². The van der Waals surface area contributed by atoms with Crippen LogP contribution in [0.15, 0.2) is 33.6 Å². The molecule has 0 saturated heterocycles. The standard InChI is InChI=1S/C32H46N8O6S2/c1-7-9-29(43)45-13-11-25(19(3)37-27(41)15-23-17-35-21(5)39-31(23)33)47-48-26(12-14-46-30(44)10-8-2)20(4)38-28(42)16-24-18-36-22(6)40-32(24)34/h17-18H,7-16H2,1-6H3,(H,37,41)(H,38,42)(H2,33,35,39)(H2,34,36,40). The first-order valence-corrected chi connectivity index (χ1v) is 17.8. The molecule has 2 heterocycles. The Hall–Kier alpha value is -4.18. The van der Waals surface area contributed by atoms with Crippen molar-refractivity contribution in [3.05, 3.63) is 56.4 Å². The Kier molecular flexibility index (Phi) is 17.4. The minimum atomic E-state index is -0.320. The molecule has 0 aliphatic heterocycles. The molecular formula is C32H46N8O6S2. The summed E-state index contributed by atoms with van der Waals surface area (Å²) in [5.74, 6) is 0.221. The maximum Gasteiger partial charge on any atom is 0.305 e. The van der Waals surface area contributed by atoms with E-state index in [0.29, 0.717) is 72.7 Å². The molecule has 0 saturated carbocycles. The maximum absolute atomic E-state index is 13.0. The molecule has 6 N–H and O–H groups in total. The zero-order valence-electron chi connectivity index (χ0n) is 28.4. The number of rotatable bonds is 19. The number of nitrogen functional groups attached to an aromatic ring is 2. The monoisotopic (exact) mass is 702 g/mol. The second-order valence-electron chi connectivity index (χ2n) is 10.8. The van der Waals surface area contributed by atoms with Gasteiger partial charge < -0.3 is 31.6 Å². The van der Waals surface area contributed by atoms with Gasteiger partial charge >= 0.3 is 11.9 Å². The highest BCUT2D eigenvalue weighted by molar-refractivity contribution is 8.79. The summed E-state index contributed by atoms with van der Waals surface area (Å²) in [5, 5.41) is 5.81. The van der Waals surface area contributed by atoms with Gasteiger partial charge in [0.25, 0.3) is 0 Å². The normalized spacial score (nSPS) is 12.0. The van der Waals surface area contributed by atoms with Gasteiger partial charge in [-0.3, -0.25) is 19.2 Å². The summed E-state index contributed by atoms with van der Waals surface area (Å²) >= 11 is 0. The van der Waals surface area contributed by atoms with E-state index in [1.807, 2.05) is 13.8 Å². The molecule has 0 atom stereocenters. The van der Waals surface area contributed by atoms with Crippen LogP contribution in [-0.2, 0) is 41.5 Å². The summed E-state index contributed by atoms with van der Waals surface area (Å²) in [6.45, 7) is 10.9. The van der Waals surface area contributed by atoms with Gasteiger partial charge in [-0.1, -0.05) is 35.4 Å². The van der Waals surface area contributed by atoms with E-state index in [1.54, 1.807) is 27.7 Å². The van der Waals surface area contributed by atoms with E-state index in [4.69, 9.17) is 20.9 Å². The molecule has 2 aromatic rings. The third kappa shape index (κ3) is 14.7. The van der Waals surface area contributed by atoms with Gasteiger partial charge in [-0.05, 0) is 40.5 Å². The smallest absolute Gasteiger partial charge is 0.305 e. The Labute approximate surface area is 289 Å². The number of carbonyl (C=O) groups is 4. The second kappa shape index (κ2) is 20.9. The largest absolute Gasteiger partial charge is 0.465 e. The first kappa shape index (κ1) is 40.0. The molecule has 0 aromatic carbocycles. The van der Waals surface area contributed by atoms with Crippen molar-refractivity contribution < 1.29 is 28.7 Å². The number of carbonyl (C=O) groups excluding carboxylic acids is 4. The fourth-order valence-corrected chi connectivity index (χ4v) is 6.78. The van der Waals surface area contributed by atoms with Crippen LogP contribution in [0.1, 0.15) is 89.0 Å². The molecule has 48 heavy (non-hydrogen) atoms. The summed E-state index contributed by atoms with van der Waals surface area (Å²) in [4.78, 5) is 67.9. The van der Waals surface area contributed by atoms with Gasteiger partial charge in [0.15, 0.2) is 0 Å². The molecule has 14 nitrogen and oxygen atoms in total. The van der Waals surface area contributed by atoms with Gasteiger partial charge in [0.2, 0.25) is 11.8 Å². The maximum atomic E-state index is 13.0. The quantitative estimate of drug-likeness (QED) is 0.118. The van der Waals surface area contributed by atoms with Gasteiger partial charge in [0, 0.05) is 70.4 Å². The van der Waals surface area contributed by atoms with Gasteiger partial charge in [0.05, 0.1) is 26.1 Å². The zero-order valence-corrected chi connectivity index (χ0v) is 30.1. The number of hydrogen-bond acceptors (Lipinski definition) is 14. The van der Waals surface area contributed by atoms with Gasteiger partial charge in [0.1, 0.15) is 23.3 Å². The van der Waals surface area contributed by atoms with E-state index in [1.165, 1.54) is 34.0 Å². The molecule has 2 rings (SSSR count). The Morgan fingerprint density at radius 2 is 1.06 bits per heavy atom. The lowest BCUT2D eigenvalue weighted by atomic mass is 10.2. The van der Waals surface area contributed by atoms with E-state index in [0.717, 1.165) is 9.81 Å². The molecule has 0 aliphatic rings. The highest BCUT2D eigenvalue weighted by atomic mass is 33.1. The minimum absolute atomic E-state index is 0.0318. The van der Waals surface area contributed by atoms with E-state index in [-0.39, 0.29) is 61.4 Å². The third-order valence-corrected chi connectivity index (χ3v) is 9.53. The van der Waals surface area contributed by atoms with Crippen molar-refractivity contribution in [2.24, 2.45) is 0 Å². The predicted octanol–water partition coefficient (Wildman–Crippen LogP) is 4.38. The number of anilines is 2. The summed E-state index contributed by atoms with van der Waals surface area (Å²) < 4.78 is 10.8. The second-order valence-corrected chi connectivity index (χ2v) is 13.1. The molecule has 0 aliphatic carbocycles. The van der Waals surface area contributed by atoms with Crippen LogP contribution in [0.2, 0.25) is 0 Å². The van der Waals surface area contributed by atoms with Crippen LogP contribution in [0.25, 0.3) is 0 Å². The molecular weight excluding hydrogens is 657 g/mol. The molecule has 0 radical (unpaired) electrons. The summed E-state index contributed by atoms with van der Waals surface area (Å²) in [6, 6.07) is 0. The molecule has 0 bridgehead atoms. The average Bonchev–Trinajstić information content (AvgIpc) is 3.00. The van der Waals surface area contributed by atoms with Crippen LogP contribution in [0.3, 0.4) is 0 Å². The number of esters is 2. The van der Waals surface area contributed by atoms with Crippen LogP contribution in [0, 0.1) is 13.8 Å². The topological polar surface area (TPSA) is 214 Å². The van der Waals surface area contributed by atoms with Crippen molar-refractivity contribution in [3.8, 4) is 0 Å². The van der Waals surface area contributed by atoms with Crippen molar-refractivity contribution in [1.82, 2.24) is 30.6 Å². The highest BCUT2D eigenvalue weighted by Crippen LogP contribution is 2.41. The van der Waals surface area contributed by atoms with Crippen LogP contribution >= 0.6 is 21.6 Å². The van der Waals surface area contributed by atoms with Crippen LogP contribution in [0.5, 0.6) is 0 Å². The number of nitrogens with two attached hydrogens (primary N) is 2. The third-order valence-electron chi connectivity index (χ3n) is 6.56. The summed E-state index contributed by atoms with van der Waals surface area (Å²) in [5.41, 5.74) is 14.1. The molecule has 0 unspecified atom stereocenters. The zero-order chi connectivity index (χ0) is 35.6. The Balaban J connectivity index is 2.27. The number of nitrogens with zero attached hydrogens (tertiary/aromatic N) is 4. The van der Waals surface area contributed by atoms with Crippen LogP contribution in [-0.4, -0.2) is 56.9 Å². The van der Waals surface area contributed by atoms with E-state index >= 15 is 0 Å². The van der Waals surface area contributed by atoms with Crippen molar-refractivity contribution in [2.75, 3.05) is 24.7 Å². The van der Waals surface area contributed by atoms with Crippen molar-refractivity contribution >= 4 is 57.0 Å². The van der Waals surface area contributed by atoms with Crippen molar-refractivity contribution in [1.29, 1.82) is 0 Å². The average molecular weight is 703 g/mol. The fourth-order valence-electron chi connectivity index (χ4n) is 4.04. The van der Waals surface area contributed by atoms with Crippen molar-refractivity contribution in [3.63, 3.8) is 0 Å². The lowest BCUT2D eigenvalue weighted by Gasteiger charge is -2.17. The van der Waals surface area contributed by atoms with Crippen LogP contribution in [0.4, 0.5) is 11.6 Å². The van der Waals surface area contributed by atoms with Gasteiger partial charge in [-0.25, -0.2) is 19.9 Å². The summed E-state index contributed by atoms with van der Waals surface area (Å²) in [7, 11) is 2.68. The van der Waals surface area contributed by atoms with Crippen LogP contribution < -0.4 is 22.1 Å². The lowest BCUT2D eigenvalue weighted by molar-refractivity contribution is -0.144. The Morgan fingerprint density at radius 1 is 0.688 bits per heavy atom. The number of amides is 2. The Morgan fingerprint density at radius 3 is 1.40 bits per heavy atom. The molecule has 2 amide bonds. The highest BCUT2D eigenvalue weighted by Gasteiger charge is 2.17. The van der Waals surface area contributed by atoms with Gasteiger partial charge in [-0.2, -0.15) is 0 Å². The SMILES string of the molecule is CCCC(=O)OCCC(SSC(CCOC(=O)CCC)=C(C)NC(=O)Cc1cnc(C)nc1N)=C(C)NC(=O)Cc1cnc(C)nc1N. The first-order valence-electron chi connectivity index (χ1n) is 15.6. The molecule has 0 spiro atoms. The molecule has 262 valence electrons. The Bertz CT molecular complexity index is 1400. The first-order chi connectivity index (χ1) is 22.8. The number of hydrogen-bond donors (Lipinski definition) is 4. The lowest BCUT2D eigenvalue weighted by Crippen LogP contribution is -2.25. The molecule has 16 heteroatoms. The number of aromatic nitrogens is 4. The van der Waals surface area contributed by atoms with E-state index in [9.17, 15) is 19.2 Å². The number of ether oxygens (including phenoxy) is 2. The fraction of sp³-hybridized carbons (Fsp3) is 0.500.